The number of anilines is 1. The Morgan fingerprint density at radius 1 is 1.15 bits per heavy atom. The van der Waals surface area contributed by atoms with Crippen LogP contribution in [0.5, 0.6) is 11.5 Å². The number of rotatable bonds is 7. The number of carbonyl (C=O) groups is 1. The van der Waals surface area contributed by atoms with Gasteiger partial charge in [0.05, 0.1) is 11.4 Å². The molecule has 1 heterocycles. The standard InChI is InChI=1S/C19H20N4O2S/c1-14(2)23-13-20-22-19(23)26-12-18(24)21-16-10-6-7-11-17(16)25-15-8-4-3-5-9-15/h3-11,13-14H,12H2,1-2H3,(H,21,24). The van der Waals surface area contributed by atoms with E-state index in [1.807, 2.05) is 73.0 Å². The normalized spacial score (nSPS) is 10.7. The zero-order chi connectivity index (χ0) is 18.4. The molecule has 0 atom stereocenters. The SMILES string of the molecule is CC(C)n1cnnc1SCC(=O)Nc1ccccc1Oc1ccccc1. The molecule has 6 nitrogen and oxygen atoms in total. The number of nitrogens with one attached hydrogen (secondary N) is 1. The first-order valence-electron chi connectivity index (χ1n) is 8.27. The fourth-order valence-corrected chi connectivity index (χ4v) is 3.12. The number of hydrogen-bond acceptors (Lipinski definition) is 5. The Morgan fingerprint density at radius 3 is 2.65 bits per heavy atom. The number of ether oxygens (including phenoxy) is 1. The Hall–Kier alpha value is -2.80. The van der Waals surface area contributed by atoms with Crippen molar-refractivity contribution in [3.8, 4) is 11.5 Å². The smallest absolute Gasteiger partial charge is 0.234 e. The van der Waals surface area contributed by atoms with Crippen molar-refractivity contribution in [2.24, 2.45) is 0 Å². The van der Waals surface area contributed by atoms with Crippen LogP contribution in [0.15, 0.2) is 66.1 Å². The van der Waals surface area contributed by atoms with Crippen molar-refractivity contribution in [3.05, 3.63) is 60.9 Å². The van der Waals surface area contributed by atoms with Crippen LogP contribution < -0.4 is 10.1 Å². The molecule has 0 bridgehead atoms. The van der Waals surface area contributed by atoms with Gasteiger partial charge in [-0.3, -0.25) is 4.79 Å². The monoisotopic (exact) mass is 368 g/mol. The minimum Gasteiger partial charge on any atom is -0.455 e. The highest BCUT2D eigenvalue weighted by atomic mass is 32.2. The Morgan fingerprint density at radius 2 is 1.88 bits per heavy atom. The number of amides is 1. The Balaban J connectivity index is 1.63. The lowest BCUT2D eigenvalue weighted by Gasteiger charge is -2.12. The summed E-state index contributed by atoms with van der Waals surface area (Å²) in [5.74, 6) is 1.43. The molecule has 1 amide bonds. The van der Waals surface area contributed by atoms with Crippen LogP contribution in [0.2, 0.25) is 0 Å². The van der Waals surface area contributed by atoms with E-state index in [4.69, 9.17) is 4.74 Å². The number of aromatic nitrogens is 3. The number of nitrogens with zero attached hydrogens (tertiary/aromatic N) is 3. The van der Waals surface area contributed by atoms with E-state index in [0.29, 0.717) is 17.2 Å². The second-order valence-corrected chi connectivity index (χ2v) is 6.81. The molecule has 7 heteroatoms. The van der Waals surface area contributed by atoms with Gasteiger partial charge in [0.1, 0.15) is 12.1 Å². The molecule has 26 heavy (non-hydrogen) atoms. The van der Waals surface area contributed by atoms with Gasteiger partial charge < -0.3 is 14.6 Å². The van der Waals surface area contributed by atoms with Gasteiger partial charge in [-0.1, -0.05) is 42.1 Å². The summed E-state index contributed by atoms with van der Waals surface area (Å²) in [7, 11) is 0. The molecule has 0 radical (unpaired) electrons. The summed E-state index contributed by atoms with van der Waals surface area (Å²) in [5, 5.41) is 11.6. The van der Waals surface area contributed by atoms with Crippen molar-refractivity contribution in [3.63, 3.8) is 0 Å². The molecular weight excluding hydrogens is 348 g/mol. The molecule has 0 saturated carbocycles. The van der Waals surface area contributed by atoms with E-state index >= 15 is 0 Å². The van der Waals surface area contributed by atoms with Crippen LogP contribution in [-0.2, 0) is 4.79 Å². The highest BCUT2D eigenvalue weighted by molar-refractivity contribution is 7.99. The van der Waals surface area contributed by atoms with E-state index in [0.717, 1.165) is 5.16 Å². The van der Waals surface area contributed by atoms with Gasteiger partial charge in [-0.15, -0.1) is 10.2 Å². The molecule has 3 rings (SSSR count). The summed E-state index contributed by atoms with van der Waals surface area (Å²) in [6.45, 7) is 4.09. The van der Waals surface area contributed by atoms with Gasteiger partial charge in [-0.05, 0) is 38.1 Å². The maximum Gasteiger partial charge on any atom is 0.234 e. The Bertz CT molecular complexity index is 865. The van der Waals surface area contributed by atoms with Crippen molar-refractivity contribution < 1.29 is 9.53 Å². The van der Waals surface area contributed by atoms with E-state index in [9.17, 15) is 4.79 Å². The largest absolute Gasteiger partial charge is 0.455 e. The molecule has 0 fully saturated rings. The number of thioether (sulfide) groups is 1. The minimum atomic E-state index is -0.127. The van der Waals surface area contributed by atoms with E-state index in [1.54, 1.807) is 6.33 Å². The van der Waals surface area contributed by atoms with Crippen molar-refractivity contribution in [2.45, 2.75) is 25.0 Å². The molecule has 0 spiro atoms. The summed E-state index contributed by atoms with van der Waals surface area (Å²) in [4.78, 5) is 12.3. The maximum atomic E-state index is 12.3. The average molecular weight is 368 g/mol. The first-order chi connectivity index (χ1) is 12.6. The highest BCUT2D eigenvalue weighted by Crippen LogP contribution is 2.29. The molecule has 0 saturated heterocycles. The maximum absolute atomic E-state index is 12.3. The average Bonchev–Trinajstić information content (AvgIpc) is 3.11. The molecule has 3 aromatic rings. The minimum absolute atomic E-state index is 0.127. The van der Waals surface area contributed by atoms with Crippen LogP contribution in [0.25, 0.3) is 0 Å². The van der Waals surface area contributed by atoms with Crippen LogP contribution in [0.4, 0.5) is 5.69 Å². The van der Waals surface area contributed by atoms with Gasteiger partial charge >= 0.3 is 0 Å². The summed E-state index contributed by atoms with van der Waals surface area (Å²) in [5.41, 5.74) is 0.632. The fourth-order valence-electron chi connectivity index (χ4n) is 2.28. The van der Waals surface area contributed by atoms with Gasteiger partial charge in [-0.25, -0.2) is 0 Å². The fraction of sp³-hybridized carbons (Fsp3) is 0.211. The van der Waals surface area contributed by atoms with E-state index in [2.05, 4.69) is 15.5 Å². The number of para-hydroxylation sites is 3. The summed E-state index contributed by atoms with van der Waals surface area (Å²) < 4.78 is 7.80. The van der Waals surface area contributed by atoms with E-state index in [1.165, 1.54) is 11.8 Å². The van der Waals surface area contributed by atoms with Crippen LogP contribution in [0, 0.1) is 0 Å². The topological polar surface area (TPSA) is 69.0 Å². The predicted octanol–water partition coefficient (Wildman–Crippen LogP) is 4.38. The zero-order valence-corrected chi connectivity index (χ0v) is 15.4. The Labute approximate surface area is 156 Å². The summed E-state index contributed by atoms with van der Waals surface area (Å²) in [6, 6.07) is 17.1. The lowest BCUT2D eigenvalue weighted by atomic mass is 10.3. The van der Waals surface area contributed by atoms with Crippen molar-refractivity contribution in [1.82, 2.24) is 14.8 Å². The third-order valence-electron chi connectivity index (χ3n) is 3.56. The van der Waals surface area contributed by atoms with Crippen molar-refractivity contribution in [1.29, 1.82) is 0 Å². The first kappa shape index (κ1) is 18.0. The summed E-state index contributed by atoms with van der Waals surface area (Å²) in [6.07, 6.45) is 1.67. The molecule has 0 aliphatic carbocycles. The number of hydrogen-bond donors (Lipinski definition) is 1. The highest BCUT2D eigenvalue weighted by Gasteiger charge is 2.12. The molecule has 0 aliphatic rings. The summed E-state index contributed by atoms with van der Waals surface area (Å²) >= 11 is 1.36. The van der Waals surface area contributed by atoms with E-state index in [-0.39, 0.29) is 17.7 Å². The van der Waals surface area contributed by atoms with Gasteiger partial charge in [0.15, 0.2) is 10.9 Å². The molecule has 1 N–H and O–H groups in total. The third kappa shape index (κ3) is 4.64. The molecule has 134 valence electrons. The second-order valence-electron chi connectivity index (χ2n) is 5.86. The van der Waals surface area contributed by atoms with Gasteiger partial charge in [0.2, 0.25) is 5.91 Å². The van der Waals surface area contributed by atoms with Crippen molar-refractivity contribution in [2.75, 3.05) is 11.1 Å². The van der Waals surface area contributed by atoms with Gasteiger partial charge in [-0.2, -0.15) is 0 Å². The lowest BCUT2D eigenvalue weighted by molar-refractivity contribution is -0.113. The molecule has 0 unspecified atom stereocenters. The van der Waals surface area contributed by atoms with Crippen LogP contribution in [0.3, 0.4) is 0 Å². The lowest BCUT2D eigenvalue weighted by Crippen LogP contribution is -2.15. The van der Waals surface area contributed by atoms with Crippen LogP contribution in [0.1, 0.15) is 19.9 Å². The van der Waals surface area contributed by atoms with Crippen LogP contribution >= 0.6 is 11.8 Å². The number of carbonyl (C=O) groups excluding carboxylic acids is 1. The first-order valence-corrected chi connectivity index (χ1v) is 9.26. The van der Waals surface area contributed by atoms with E-state index < -0.39 is 0 Å². The molecular formula is C19H20N4O2S. The Kier molecular flexibility index (Phi) is 5.91. The quantitative estimate of drug-likeness (QED) is 0.627. The zero-order valence-electron chi connectivity index (χ0n) is 14.6. The molecule has 2 aromatic carbocycles. The third-order valence-corrected chi connectivity index (χ3v) is 4.52. The van der Waals surface area contributed by atoms with Gasteiger partial charge in [0.25, 0.3) is 0 Å². The van der Waals surface area contributed by atoms with Gasteiger partial charge in [0, 0.05) is 6.04 Å². The molecule has 1 aromatic heterocycles. The molecule has 0 aliphatic heterocycles. The van der Waals surface area contributed by atoms with Crippen molar-refractivity contribution >= 4 is 23.4 Å². The number of benzene rings is 2. The predicted molar refractivity (Wildman–Crippen MR) is 103 cm³/mol. The second kappa shape index (κ2) is 8.53. The van der Waals surface area contributed by atoms with Crippen LogP contribution in [-0.4, -0.2) is 26.4 Å².